The van der Waals surface area contributed by atoms with Gasteiger partial charge in [-0.15, -0.1) is 0 Å². The molecule has 2 rings (SSSR count). The van der Waals surface area contributed by atoms with Crippen molar-refractivity contribution in [3.63, 3.8) is 0 Å². The van der Waals surface area contributed by atoms with Gasteiger partial charge in [-0.1, -0.05) is 0 Å². The molecule has 2 heterocycles. The van der Waals surface area contributed by atoms with Gasteiger partial charge < -0.3 is 10.2 Å². The molecule has 1 atom stereocenters. The maximum absolute atomic E-state index is 4.38. The molecule has 18 heavy (non-hydrogen) atoms. The fraction of sp³-hybridized carbons (Fsp3) is 0.385. The topological polar surface area (TPSA) is 46.0 Å². The molecule has 1 unspecified atom stereocenters. The zero-order valence-electron chi connectivity index (χ0n) is 11.3. The van der Waals surface area contributed by atoms with Gasteiger partial charge in [0, 0.05) is 33.5 Å². The molecule has 2 aromatic heterocycles. The molecule has 0 saturated heterocycles. The van der Waals surface area contributed by atoms with Gasteiger partial charge in [0.1, 0.15) is 0 Å². The molecule has 0 aliphatic rings. The van der Waals surface area contributed by atoms with E-state index in [0.717, 1.165) is 17.2 Å². The smallest absolute Gasteiger partial charge is 0.151 e. The minimum atomic E-state index is 0.181. The molecule has 5 nitrogen and oxygen atoms in total. The number of anilines is 2. The molecule has 0 saturated carbocycles. The van der Waals surface area contributed by atoms with Gasteiger partial charge in [0.25, 0.3) is 0 Å². The summed E-state index contributed by atoms with van der Waals surface area (Å²) in [7, 11) is 5.92. The summed E-state index contributed by atoms with van der Waals surface area (Å²) in [4.78, 5) is 6.37. The summed E-state index contributed by atoms with van der Waals surface area (Å²) in [6.07, 6.45) is 3.61. The Morgan fingerprint density at radius 1 is 1.28 bits per heavy atom. The molecule has 0 fully saturated rings. The van der Waals surface area contributed by atoms with E-state index in [2.05, 4.69) is 22.3 Å². The fourth-order valence-corrected chi connectivity index (χ4v) is 1.98. The summed E-state index contributed by atoms with van der Waals surface area (Å²) in [5.74, 6) is 0.937. The summed E-state index contributed by atoms with van der Waals surface area (Å²) >= 11 is 0. The van der Waals surface area contributed by atoms with Crippen molar-refractivity contribution < 1.29 is 0 Å². The van der Waals surface area contributed by atoms with Crippen molar-refractivity contribution in [2.24, 2.45) is 7.05 Å². The second-order valence-electron chi connectivity index (χ2n) is 4.51. The molecule has 0 aliphatic heterocycles. The Morgan fingerprint density at radius 3 is 2.67 bits per heavy atom. The van der Waals surface area contributed by atoms with Gasteiger partial charge in [-0.3, -0.25) is 4.68 Å². The van der Waals surface area contributed by atoms with Crippen LogP contribution in [0, 0.1) is 0 Å². The minimum Gasteiger partial charge on any atom is -0.374 e. The van der Waals surface area contributed by atoms with Crippen LogP contribution in [0.15, 0.2) is 30.6 Å². The second-order valence-corrected chi connectivity index (χ2v) is 4.51. The van der Waals surface area contributed by atoms with Crippen LogP contribution >= 0.6 is 0 Å². The van der Waals surface area contributed by atoms with E-state index in [0.29, 0.717) is 0 Å². The summed E-state index contributed by atoms with van der Waals surface area (Å²) in [6, 6.07) is 6.17. The lowest BCUT2D eigenvalue weighted by Crippen LogP contribution is -2.16. The summed E-state index contributed by atoms with van der Waals surface area (Å²) in [5, 5.41) is 7.66. The van der Waals surface area contributed by atoms with E-state index < -0.39 is 0 Å². The van der Waals surface area contributed by atoms with Gasteiger partial charge >= 0.3 is 0 Å². The van der Waals surface area contributed by atoms with Crippen LogP contribution in [0.5, 0.6) is 0 Å². The number of pyridine rings is 1. The van der Waals surface area contributed by atoms with Crippen molar-refractivity contribution in [1.29, 1.82) is 0 Å². The standard InChI is InChI=1S/C13H19N5/c1-10(12-7-9-15-18(12)4)16-11-6-5-8-14-13(11)17(2)3/h5-10,16H,1-4H3. The summed E-state index contributed by atoms with van der Waals surface area (Å²) in [6.45, 7) is 2.11. The van der Waals surface area contributed by atoms with Crippen molar-refractivity contribution in [3.8, 4) is 0 Å². The van der Waals surface area contributed by atoms with E-state index in [1.165, 1.54) is 0 Å². The van der Waals surface area contributed by atoms with Gasteiger partial charge in [0.05, 0.1) is 17.4 Å². The first-order valence-electron chi connectivity index (χ1n) is 5.96. The molecule has 1 N–H and O–H groups in total. The van der Waals surface area contributed by atoms with Crippen molar-refractivity contribution in [3.05, 3.63) is 36.3 Å². The van der Waals surface area contributed by atoms with Crippen LogP contribution in [-0.2, 0) is 7.05 Å². The third-order valence-corrected chi connectivity index (χ3v) is 2.88. The van der Waals surface area contributed by atoms with E-state index >= 15 is 0 Å². The molecule has 0 bridgehead atoms. The predicted octanol–water partition coefficient (Wildman–Crippen LogP) is 2.05. The molecule has 0 aromatic carbocycles. The molecular weight excluding hydrogens is 226 g/mol. The first-order chi connectivity index (χ1) is 8.59. The Kier molecular flexibility index (Phi) is 3.50. The normalized spacial score (nSPS) is 12.2. The van der Waals surface area contributed by atoms with Gasteiger partial charge in [-0.2, -0.15) is 5.10 Å². The SMILES string of the molecule is CC(Nc1cccnc1N(C)C)c1ccnn1C. The second kappa shape index (κ2) is 5.08. The lowest BCUT2D eigenvalue weighted by Gasteiger charge is -2.20. The van der Waals surface area contributed by atoms with Gasteiger partial charge in [0.2, 0.25) is 0 Å². The van der Waals surface area contributed by atoms with E-state index in [4.69, 9.17) is 0 Å². The van der Waals surface area contributed by atoms with Crippen LogP contribution in [0.2, 0.25) is 0 Å². The first-order valence-corrected chi connectivity index (χ1v) is 5.96. The van der Waals surface area contributed by atoms with Crippen LogP contribution < -0.4 is 10.2 Å². The number of nitrogens with zero attached hydrogens (tertiary/aromatic N) is 4. The molecule has 96 valence electrons. The van der Waals surface area contributed by atoms with Crippen LogP contribution in [-0.4, -0.2) is 28.9 Å². The first kappa shape index (κ1) is 12.4. The van der Waals surface area contributed by atoms with Gasteiger partial charge in [-0.05, 0) is 25.1 Å². The Labute approximate surface area is 107 Å². The molecule has 0 radical (unpaired) electrons. The largest absolute Gasteiger partial charge is 0.374 e. The van der Waals surface area contributed by atoms with E-state index in [1.807, 2.05) is 55.1 Å². The highest BCUT2D eigenvalue weighted by molar-refractivity contribution is 5.65. The maximum Gasteiger partial charge on any atom is 0.151 e. The van der Waals surface area contributed by atoms with Crippen molar-refractivity contribution in [2.45, 2.75) is 13.0 Å². The molecule has 0 spiro atoms. The highest BCUT2D eigenvalue weighted by atomic mass is 15.3. The molecule has 0 aliphatic carbocycles. The number of aromatic nitrogens is 3. The van der Waals surface area contributed by atoms with E-state index in [-0.39, 0.29) is 6.04 Å². The number of hydrogen-bond donors (Lipinski definition) is 1. The maximum atomic E-state index is 4.38. The van der Waals surface area contributed by atoms with Crippen molar-refractivity contribution in [2.75, 3.05) is 24.3 Å². The van der Waals surface area contributed by atoms with Gasteiger partial charge in [0.15, 0.2) is 5.82 Å². The number of nitrogens with one attached hydrogen (secondary N) is 1. The minimum absolute atomic E-state index is 0.181. The van der Waals surface area contributed by atoms with Crippen LogP contribution in [0.25, 0.3) is 0 Å². The highest BCUT2D eigenvalue weighted by Crippen LogP contribution is 2.25. The predicted molar refractivity (Wildman–Crippen MR) is 73.8 cm³/mol. The Balaban J connectivity index is 2.22. The number of rotatable bonds is 4. The molecular formula is C13H19N5. The average Bonchev–Trinajstić information content (AvgIpc) is 2.76. The Hall–Kier alpha value is -2.04. The monoisotopic (exact) mass is 245 g/mol. The quantitative estimate of drug-likeness (QED) is 0.895. The number of hydrogen-bond acceptors (Lipinski definition) is 4. The lowest BCUT2D eigenvalue weighted by atomic mass is 10.2. The Bertz CT molecular complexity index is 518. The highest BCUT2D eigenvalue weighted by Gasteiger charge is 2.12. The van der Waals surface area contributed by atoms with E-state index in [1.54, 1.807) is 6.20 Å². The summed E-state index contributed by atoms with van der Waals surface area (Å²) in [5.41, 5.74) is 2.17. The van der Waals surface area contributed by atoms with E-state index in [9.17, 15) is 0 Å². The van der Waals surface area contributed by atoms with Crippen molar-refractivity contribution in [1.82, 2.24) is 14.8 Å². The summed E-state index contributed by atoms with van der Waals surface area (Å²) < 4.78 is 1.88. The number of aryl methyl sites for hydroxylation is 1. The molecule has 5 heteroatoms. The van der Waals surface area contributed by atoms with Crippen LogP contribution in [0.1, 0.15) is 18.7 Å². The average molecular weight is 245 g/mol. The third-order valence-electron chi connectivity index (χ3n) is 2.88. The van der Waals surface area contributed by atoms with Crippen molar-refractivity contribution >= 4 is 11.5 Å². The Morgan fingerprint density at radius 2 is 2.06 bits per heavy atom. The zero-order chi connectivity index (χ0) is 13.1. The van der Waals surface area contributed by atoms with Crippen LogP contribution in [0.4, 0.5) is 11.5 Å². The molecule has 0 amide bonds. The van der Waals surface area contributed by atoms with Gasteiger partial charge in [-0.25, -0.2) is 4.98 Å². The fourth-order valence-electron chi connectivity index (χ4n) is 1.98. The third kappa shape index (κ3) is 2.45. The zero-order valence-corrected chi connectivity index (χ0v) is 11.3. The van der Waals surface area contributed by atoms with Crippen LogP contribution in [0.3, 0.4) is 0 Å². The molecule has 2 aromatic rings. The lowest BCUT2D eigenvalue weighted by molar-refractivity contribution is 0.675.